The number of hydrogen-bond donors (Lipinski definition) is 4. The topological polar surface area (TPSA) is 159 Å². The zero-order valence-electron chi connectivity index (χ0n) is 19.3. The lowest BCUT2D eigenvalue weighted by Crippen LogP contribution is -2.04. The number of methoxy groups -OCH3 is 2. The standard InChI is InChI=1S/C23H30N2O8/c1-12-14(7-5-9-18(26)32-3)16(24-20(12)22(28)29)11-17-15(8-6-10-19(27)33-4)13(2)21(25-17)23(30)31/h24-25H,5-11H2,1-4H3,(H,28,29)(H,30,31). The Hall–Kier alpha value is -3.56. The first-order valence-electron chi connectivity index (χ1n) is 10.6. The number of nitrogens with one attached hydrogen (secondary N) is 2. The van der Waals surface area contributed by atoms with Gasteiger partial charge in [0.2, 0.25) is 0 Å². The van der Waals surface area contributed by atoms with Gasteiger partial charge in [0.15, 0.2) is 0 Å². The molecule has 0 fully saturated rings. The van der Waals surface area contributed by atoms with E-state index >= 15 is 0 Å². The molecule has 2 rings (SSSR count). The molecule has 0 aliphatic rings. The van der Waals surface area contributed by atoms with Crippen LogP contribution in [0.5, 0.6) is 0 Å². The van der Waals surface area contributed by atoms with E-state index in [-0.39, 0.29) is 42.6 Å². The van der Waals surface area contributed by atoms with Crippen LogP contribution in [0.15, 0.2) is 0 Å². The minimum Gasteiger partial charge on any atom is -0.477 e. The minimum atomic E-state index is -1.10. The van der Waals surface area contributed by atoms with Crippen molar-refractivity contribution in [2.75, 3.05) is 14.2 Å². The van der Waals surface area contributed by atoms with E-state index in [0.29, 0.717) is 48.2 Å². The molecule has 0 aliphatic carbocycles. The van der Waals surface area contributed by atoms with E-state index in [9.17, 15) is 29.4 Å². The second kappa shape index (κ2) is 11.3. The lowest BCUT2D eigenvalue weighted by atomic mass is 9.97. The van der Waals surface area contributed by atoms with E-state index in [4.69, 9.17) is 0 Å². The molecule has 33 heavy (non-hydrogen) atoms. The average molecular weight is 462 g/mol. The number of carboxylic acid groups (broad SMARTS) is 2. The van der Waals surface area contributed by atoms with Gasteiger partial charge < -0.3 is 29.7 Å². The van der Waals surface area contributed by atoms with Crippen LogP contribution in [0.25, 0.3) is 0 Å². The summed E-state index contributed by atoms with van der Waals surface area (Å²) >= 11 is 0. The van der Waals surface area contributed by atoms with E-state index < -0.39 is 11.9 Å². The van der Waals surface area contributed by atoms with Gasteiger partial charge in [0.05, 0.1) is 14.2 Å². The number of carboxylic acids is 2. The summed E-state index contributed by atoms with van der Waals surface area (Å²) in [7, 11) is 2.63. The van der Waals surface area contributed by atoms with Gasteiger partial charge >= 0.3 is 23.9 Å². The van der Waals surface area contributed by atoms with Gasteiger partial charge in [0, 0.05) is 30.7 Å². The predicted molar refractivity (Wildman–Crippen MR) is 118 cm³/mol. The number of rotatable bonds is 12. The lowest BCUT2D eigenvalue weighted by Gasteiger charge is -2.08. The van der Waals surface area contributed by atoms with Crippen molar-refractivity contribution in [3.8, 4) is 0 Å². The Balaban J connectivity index is 2.39. The van der Waals surface area contributed by atoms with Gasteiger partial charge in [-0.2, -0.15) is 0 Å². The lowest BCUT2D eigenvalue weighted by molar-refractivity contribution is -0.141. The molecule has 0 saturated carbocycles. The SMILES string of the molecule is COC(=O)CCCc1c(Cc2[nH]c(C(=O)O)c(C)c2CCCC(=O)OC)[nH]c(C(=O)O)c1C. The predicted octanol–water partition coefficient (Wildman–Crippen LogP) is 2.94. The third-order valence-electron chi connectivity index (χ3n) is 5.79. The maximum absolute atomic E-state index is 11.7. The number of hydrogen-bond acceptors (Lipinski definition) is 6. The molecular formula is C23H30N2O8. The number of aromatic amines is 2. The number of ether oxygens (including phenoxy) is 2. The molecule has 180 valence electrons. The fourth-order valence-corrected chi connectivity index (χ4v) is 4.00. The van der Waals surface area contributed by atoms with E-state index in [0.717, 1.165) is 11.1 Å². The Morgan fingerprint density at radius 1 is 0.727 bits per heavy atom. The summed E-state index contributed by atoms with van der Waals surface area (Å²) in [4.78, 5) is 52.2. The van der Waals surface area contributed by atoms with Crippen LogP contribution in [0.2, 0.25) is 0 Å². The van der Waals surface area contributed by atoms with E-state index in [2.05, 4.69) is 19.4 Å². The Kier molecular flexibility index (Phi) is 8.84. The summed E-state index contributed by atoms with van der Waals surface area (Å²) in [6.07, 6.45) is 2.54. The number of aromatic carboxylic acids is 2. The molecule has 0 radical (unpaired) electrons. The van der Waals surface area contributed by atoms with Gasteiger partial charge in [0.25, 0.3) is 0 Å². The molecule has 0 aromatic carbocycles. The Morgan fingerprint density at radius 3 is 1.39 bits per heavy atom. The van der Waals surface area contributed by atoms with Crippen LogP contribution >= 0.6 is 0 Å². The highest BCUT2D eigenvalue weighted by Crippen LogP contribution is 2.27. The zero-order chi connectivity index (χ0) is 24.7. The molecule has 0 bridgehead atoms. The summed E-state index contributed by atoms with van der Waals surface area (Å²) in [5.74, 6) is -2.88. The van der Waals surface area contributed by atoms with Crippen molar-refractivity contribution in [2.45, 2.75) is 58.8 Å². The molecule has 10 heteroatoms. The highest BCUT2D eigenvalue weighted by atomic mass is 16.5. The maximum Gasteiger partial charge on any atom is 0.352 e. The molecule has 0 aliphatic heterocycles. The van der Waals surface area contributed by atoms with Crippen LogP contribution in [0.1, 0.15) is 80.3 Å². The monoisotopic (exact) mass is 462 g/mol. The van der Waals surface area contributed by atoms with Gasteiger partial charge in [-0.15, -0.1) is 0 Å². The Bertz CT molecular complexity index is 965. The normalized spacial score (nSPS) is 10.8. The van der Waals surface area contributed by atoms with Crippen LogP contribution in [0, 0.1) is 13.8 Å². The fourth-order valence-electron chi connectivity index (χ4n) is 4.00. The van der Waals surface area contributed by atoms with Crippen molar-refractivity contribution in [3.05, 3.63) is 45.0 Å². The number of carbonyl (C=O) groups is 4. The number of H-pyrrole nitrogens is 2. The Labute approximate surface area is 191 Å². The number of esters is 2. The molecule has 4 N–H and O–H groups in total. The van der Waals surface area contributed by atoms with Gasteiger partial charge in [-0.25, -0.2) is 9.59 Å². The van der Waals surface area contributed by atoms with Crippen molar-refractivity contribution in [3.63, 3.8) is 0 Å². The highest BCUT2D eigenvalue weighted by molar-refractivity contribution is 5.89. The van der Waals surface area contributed by atoms with Gasteiger partial charge in [-0.3, -0.25) is 9.59 Å². The average Bonchev–Trinajstić information content (AvgIpc) is 3.25. The quantitative estimate of drug-likeness (QED) is 0.350. The molecule has 0 saturated heterocycles. The first kappa shape index (κ1) is 25.7. The summed E-state index contributed by atoms with van der Waals surface area (Å²) in [5, 5.41) is 19.1. The van der Waals surface area contributed by atoms with Crippen molar-refractivity contribution in [2.24, 2.45) is 0 Å². The van der Waals surface area contributed by atoms with Crippen molar-refractivity contribution < 1.29 is 38.9 Å². The first-order chi connectivity index (χ1) is 15.6. The summed E-state index contributed by atoms with van der Waals surface area (Å²) < 4.78 is 9.34. The molecule has 0 amide bonds. The molecule has 10 nitrogen and oxygen atoms in total. The second-order valence-corrected chi connectivity index (χ2v) is 7.81. The third-order valence-corrected chi connectivity index (χ3v) is 5.79. The fraction of sp³-hybridized carbons (Fsp3) is 0.478. The summed E-state index contributed by atoms with van der Waals surface area (Å²) in [6, 6.07) is 0. The van der Waals surface area contributed by atoms with Gasteiger partial charge in [-0.1, -0.05) is 0 Å². The number of aromatic nitrogens is 2. The molecular weight excluding hydrogens is 432 g/mol. The smallest absolute Gasteiger partial charge is 0.352 e. The van der Waals surface area contributed by atoms with Crippen LogP contribution in [-0.2, 0) is 38.3 Å². The molecule has 0 unspecified atom stereocenters. The van der Waals surface area contributed by atoms with Gasteiger partial charge in [0.1, 0.15) is 11.4 Å². The third kappa shape index (κ3) is 6.24. The second-order valence-electron chi connectivity index (χ2n) is 7.81. The van der Waals surface area contributed by atoms with E-state index in [1.807, 2.05) is 0 Å². The van der Waals surface area contributed by atoms with Crippen molar-refractivity contribution in [1.82, 2.24) is 9.97 Å². The van der Waals surface area contributed by atoms with Crippen LogP contribution in [-0.4, -0.2) is 58.3 Å². The summed E-state index contributed by atoms with van der Waals surface area (Å²) in [5.41, 5.74) is 4.12. The van der Waals surface area contributed by atoms with Crippen molar-refractivity contribution >= 4 is 23.9 Å². The van der Waals surface area contributed by atoms with Crippen LogP contribution < -0.4 is 0 Å². The largest absolute Gasteiger partial charge is 0.477 e. The highest BCUT2D eigenvalue weighted by Gasteiger charge is 2.23. The zero-order valence-corrected chi connectivity index (χ0v) is 19.3. The minimum absolute atomic E-state index is 0.0621. The Morgan fingerprint density at radius 2 is 1.09 bits per heavy atom. The van der Waals surface area contributed by atoms with Crippen LogP contribution in [0.3, 0.4) is 0 Å². The first-order valence-corrected chi connectivity index (χ1v) is 10.6. The van der Waals surface area contributed by atoms with Gasteiger partial charge in [-0.05, 0) is 61.8 Å². The van der Waals surface area contributed by atoms with E-state index in [1.165, 1.54) is 14.2 Å². The molecule has 0 spiro atoms. The molecule has 2 aromatic rings. The number of carbonyl (C=O) groups excluding carboxylic acids is 2. The van der Waals surface area contributed by atoms with Crippen LogP contribution in [0.4, 0.5) is 0 Å². The molecule has 2 aromatic heterocycles. The molecule has 2 heterocycles. The van der Waals surface area contributed by atoms with E-state index in [1.54, 1.807) is 13.8 Å². The molecule has 0 atom stereocenters. The maximum atomic E-state index is 11.7. The summed E-state index contributed by atoms with van der Waals surface area (Å²) in [6.45, 7) is 3.41. The van der Waals surface area contributed by atoms with Crippen molar-refractivity contribution in [1.29, 1.82) is 0 Å².